The highest BCUT2D eigenvalue weighted by molar-refractivity contribution is 5.77. The Balaban J connectivity index is 1.46. The molecule has 164 valence electrons. The second-order valence-corrected chi connectivity index (χ2v) is 8.94. The molecule has 4 rings (SSSR count). The van der Waals surface area contributed by atoms with Crippen molar-refractivity contribution in [3.63, 3.8) is 0 Å². The molecule has 1 aliphatic carbocycles. The van der Waals surface area contributed by atoms with E-state index < -0.39 is 0 Å². The summed E-state index contributed by atoms with van der Waals surface area (Å²) in [5.74, 6) is 4.71. The third-order valence-electron chi connectivity index (χ3n) is 5.93. The van der Waals surface area contributed by atoms with Crippen LogP contribution in [0, 0.1) is 12.8 Å². The lowest BCUT2D eigenvalue weighted by Crippen LogP contribution is -2.34. The maximum Gasteiger partial charge on any atom is 0.261 e. The lowest BCUT2D eigenvalue weighted by Gasteiger charge is -2.22. The van der Waals surface area contributed by atoms with Crippen molar-refractivity contribution >= 4 is 5.91 Å². The van der Waals surface area contributed by atoms with E-state index in [9.17, 15) is 4.79 Å². The smallest absolute Gasteiger partial charge is 0.261 e. The van der Waals surface area contributed by atoms with Gasteiger partial charge in [-0.1, -0.05) is 32.9 Å². The van der Waals surface area contributed by atoms with Crippen molar-refractivity contribution in [3.8, 4) is 5.75 Å². The molecule has 2 atom stereocenters. The van der Waals surface area contributed by atoms with E-state index in [1.807, 2.05) is 37.3 Å². The van der Waals surface area contributed by atoms with Crippen LogP contribution in [0.5, 0.6) is 5.75 Å². The van der Waals surface area contributed by atoms with Crippen molar-refractivity contribution in [3.05, 3.63) is 77.1 Å². The molecule has 5 nitrogen and oxygen atoms in total. The van der Waals surface area contributed by atoms with Crippen molar-refractivity contribution in [2.75, 3.05) is 6.61 Å². The van der Waals surface area contributed by atoms with Gasteiger partial charge in [0.15, 0.2) is 6.61 Å². The Morgan fingerprint density at radius 3 is 2.61 bits per heavy atom. The molecule has 5 heteroatoms. The highest BCUT2D eigenvalue weighted by atomic mass is 16.5. The van der Waals surface area contributed by atoms with Crippen LogP contribution in [-0.2, 0) is 17.9 Å². The molecule has 0 aliphatic heterocycles. The zero-order valence-corrected chi connectivity index (χ0v) is 18.8. The molecular weight excluding hydrogens is 390 g/mol. The fourth-order valence-electron chi connectivity index (χ4n) is 3.88. The van der Waals surface area contributed by atoms with Gasteiger partial charge in [0.25, 0.3) is 5.91 Å². The summed E-state index contributed by atoms with van der Waals surface area (Å²) in [5.41, 5.74) is 2.21. The van der Waals surface area contributed by atoms with Crippen molar-refractivity contribution in [2.45, 2.75) is 59.0 Å². The first-order valence-electron chi connectivity index (χ1n) is 11.0. The average Bonchev–Trinajstić information content (AvgIpc) is 3.12. The van der Waals surface area contributed by atoms with Gasteiger partial charge in [-0.3, -0.25) is 4.79 Å². The van der Waals surface area contributed by atoms with E-state index in [1.54, 1.807) is 11.2 Å². The third kappa shape index (κ3) is 5.22. The fraction of sp³-hybridized carbons (Fsp3) is 0.423. The maximum absolute atomic E-state index is 13.1. The summed E-state index contributed by atoms with van der Waals surface area (Å²) in [6.45, 7) is 9.22. The van der Waals surface area contributed by atoms with Crippen molar-refractivity contribution in [1.82, 2.24) is 4.90 Å². The van der Waals surface area contributed by atoms with Crippen LogP contribution in [0.15, 0.2) is 57.6 Å². The van der Waals surface area contributed by atoms with Crippen LogP contribution in [-0.4, -0.2) is 17.4 Å². The van der Waals surface area contributed by atoms with Crippen molar-refractivity contribution in [2.24, 2.45) is 5.92 Å². The van der Waals surface area contributed by atoms with Gasteiger partial charge in [-0.05, 0) is 66.6 Å². The molecule has 0 saturated heterocycles. The maximum atomic E-state index is 13.1. The summed E-state index contributed by atoms with van der Waals surface area (Å²) in [6, 6.07) is 13.9. The minimum Gasteiger partial charge on any atom is -0.483 e. The van der Waals surface area contributed by atoms with Gasteiger partial charge in [0.05, 0.1) is 19.4 Å². The molecule has 1 aromatic carbocycles. The van der Waals surface area contributed by atoms with Gasteiger partial charge in [-0.15, -0.1) is 0 Å². The molecule has 2 unspecified atom stereocenters. The summed E-state index contributed by atoms with van der Waals surface area (Å²) in [7, 11) is 0. The van der Waals surface area contributed by atoms with Crippen LogP contribution >= 0.6 is 0 Å². The fourth-order valence-corrected chi connectivity index (χ4v) is 3.88. The molecule has 1 amide bonds. The van der Waals surface area contributed by atoms with Crippen molar-refractivity contribution < 1.29 is 18.4 Å². The molecule has 0 radical (unpaired) electrons. The third-order valence-corrected chi connectivity index (χ3v) is 5.93. The topological polar surface area (TPSA) is 55.8 Å². The minimum atomic E-state index is -0.106. The van der Waals surface area contributed by atoms with Crippen LogP contribution in [0.1, 0.15) is 67.4 Å². The molecule has 2 aromatic heterocycles. The molecule has 1 aliphatic rings. The molecule has 1 saturated carbocycles. The highest BCUT2D eigenvalue weighted by Crippen LogP contribution is 2.47. The zero-order valence-electron chi connectivity index (χ0n) is 18.8. The SMILES string of the molecule is Cc1ccc(C(C)C)c(OCC(=O)N(Cc2ccco2)Cc2ccc(C3CC3C)o2)c1. The highest BCUT2D eigenvalue weighted by Gasteiger charge is 2.36. The van der Waals surface area contributed by atoms with Gasteiger partial charge in [0, 0.05) is 5.92 Å². The summed E-state index contributed by atoms with van der Waals surface area (Å²) in [4.78, 5) is 14.9. The van der Waals surface area contributed by atoms with Crippen LogP contribution in [0.25, 0.3) is 0 Å². The van der Waals surface area contributed by atoms with E-state index in [4.69, 9.17) is 13.6 Å². The van der Waals surface area contributed by atoms with Crippen LogP contribution < -0.4 is 4.74 Å². The molecule has 31 heavy (non-hydrogen) atoms. The van der Waals surface area contributed by atoms with E-state index in [2.05, 4.69) is 32.9 Å². The van der Waals surface area contributed by atoms with Gasteiger partial charge >= 0.3 is 0 Å². The quantitative estimate of drug-likeness (QED) is 0.423. The van der Waals surface area contributed by atoms with E-state index in [0.717, 1.165) is 34.2 Å². The number of nitrogens with zero attached hydrogens (tertiary/aromatic N) is 1. The van der Waals surface area contributed by atoms with Gasteiger partial charge in [-0.2, -0.15) is 0 Å². The molecular formula is C26H31NO4. The van der Waals surface area contributed by atoms with Gasteiger partial charge < -0.3 is 18.5 Å². The predicted octanol–water partition coefficient (Wildman–Crippen LogP) is 6.04. The standard InChI is InChI=1S/C26H31NO4/c1-17(2)22-9-7-18(3)12-25(22)30-16-26(28)27(14-20-6-5-11-29-20)15-21-8-10-24(31-21)23-13-19(23)4/h5-12,17,19,23H,13-16H2,1-4H3. The van der Waals surface area contributed by atoms with E-state index in [-0.39, 0.29) is 12.5 Å². The Hall–Kier alpha value is -2.95. The second kappa shape index (κ2) is 9.04. The van der Waals surface area contributed by atoms with Crippen LogP contribution in [0.4, 0.5) is 0 Å². The number of hydrogen-bond donors (Lipinski definition) is 0. The van der Waals surface area contributed by atoms with E-state index in [1.165, 1.54) is 6.42 Å². The van der Waals surface area contributed by atoms with Gasteiger partial charge in [0.2, 0.25) is 0 Å². The minimum absolute atomic E-state index is 0.0306. The Morgan fingerprint density at radius 2 is 1.94 bits per heavy atom. The molecule has 1 fully saturated rings. The summed E-state index contributed by atoms with van der Waals surface area (Å²) in [6.07, 6.45) is 2.79. The predicted molar refractivity (Wildman–Crippen MR) is 119 cm³/mol. The largest absolute Gasteiger partial charge is 0.483 e. The lowest BCUT2D eigenvalue weighted by molar-refractivity contribution is -0.135. The molecule has 0 bridgehead atoms. The Bertz CT molecular complexity index is 1020. The summed E-state index contributed by atoms with van der Waals surface area (Å²) < 4.78 is 17.5. The number of carbonyl (C=O) groups excluding carboxylic acids is 1. The van der Waals surface area contributed by atoms with E-state index >= 15 is 0 Å². The number of carbonyl (C=O) groups is 1. The van der Waals surface area contributed by atoms with Crippen LogP contribution in [0.2, 0.25) is 0 Å². The Kier molecular flexibility index (Phi) is 6.21. The Morgan fingerprint density at radius 1 is 1.16 bits per heavy atom. The summed E-state index contributed by atoms with van der Waals surface area (Å²) >= 11 is 0. The summed E-state index contributed by atoms with van der Waals surface area (Å²) in [5, 5.41) is 0. The zero-order chi connectivity index (χ0) is 22.0. The number of hydrogen-bond acceptors (Lipinski definition) is 4. The number of aryl methyl sites for hydroxylation is 1. The molecule has 0 N–H and O–H groups in total. The first kappa shape index (κ1) is 21.3. The number of rotatable bonds is 9. The van der Waals surface area contributed by atoms with Gasteiger partial charge in [0.1, 0.15) is 23.0 Å². The number of furan rings is 2. The first-order chi connectivity index (χ1) is 14.9. The molecule has 3 aromatic rings. The molecule has 0 spiro atoms. The second-order valence-electron chi connectivity index (χ2n) is 8.94. The lowest BCUT2D eigenvalue weighted by atomic mass is 10.0. The van der Waals surface area contributed by atoms with Gasteiger partial charge in [-0.25, -0.2) is 0 Å². The molecule has 2 heterocycles. The van der Waals surface area contributed by atoms with E-state index in [0.29, 0.717) is 30.8 Å². The number of benzene rings is 1. The van der Waals surface area contributed by atoms with Crippen LogP contribution in [0.3, 0.4) is 0 Å². The average molecular weight is 422 g/mol. The number of ether oxygens (including phenoxy) is 1. The monoisotopic (exact) mass is 421 g/mol. The van der Waals surface area contributed by atoms with Crippen molar-refractivity contribution in [1.29, 1.82) is 0 Å². The first-order valence-corrected chi connectivity index (χ1v) is 11.0. The number of amides is 1. The normalized spacial score (nSPS) is 17.7. The Labute approximate surface area is 184 Å².